The predicted octanol–water partition coefficient (Wildman–Crippen LogP) is 3.59. The van der Waals surface area contributed by atoms with Crippen LogP contribution in [0.1, 0.15) is 27.1 Å². The van der Waals surface area contributed by atoms with Gasteiger partial charge in [0.05, 0.1) is 22.6 Å². The average molecular weight is 364 g/mol. The third-order valence-electron chi connectivity index (χ3n) is 3.53. The van der Waals surface area contributed by atoms with Gasteiger partial charge in [0.15, 0.2) is 5.75 Å². The molecule has 0 bridgehead atoms. The van der Waals surface area contributed by atoms with Gasteiger partial charge in [-0.1, -0.05) is 35.3 Å². The summed E-state index contributed by atoms with van der Waals surface area (Å²) in [6.07, 6.45) is -0.145. The van der Waals surface area contributed by atoms with Crippen molar-refractivity contribution in [3.63, 3.8) is 0 Å². The molecule has 0 aliphatic carbocycles. The van der Waals surface area contributed by atoms with Crippen LogP contribution in [0.2, 0.25) is 10.0 Å². The second-order valence-electron chi connectivity index (χ2n) is 5.11. The SMILES string of the molecule is O=C(CCN1C(=O)c2ccccc2C1=O)Oc1cc(Cl)ccc1Cl. The molecule has 24 heavy (non-hydrogen) atoms. The molecule has 0 N–H and O–H groups in total. The highest BCUT2D eigenvalue weighted by atomic mass is 35.5. The van der Waals surface area contributed by atoms with E-state index in [1.807, 2.05) is 0 Å². The van der Waals surface area contributed by atoms with Crippen LogP contribution in [0.25, 0.3) is 0 Å². The summed E-state index contributed by atoms with van der Waals surface area (Å²) < 4.78 is 5.13. The first-order valence-corrected chi connectivity index (χ1v) is 7.84. The van der Waals surface area contributed by atoms with Gasteiger partial charge in [0.25, 0.3) is 11.8 Å². The van der Waals surface area contributed by atoms with E-state index in [4.69, 9.17) is 27.9 Å². The van der Waals surface area contributed by atoms with Crippen molar-refractivity contribution in [2.75, 3.05) is 6.54 Å². The normalized spacial score (nSPS) is 13.2. The molecule has 0 saturated heterocycles. The Labute approximate surface area is 147 Å². The molecule has 2 aromatic carbocycles. The highest BCUT2D eigenvalue weighted by Crippen LogP contribution is 2.28. The first-order valence-electron chi connectivity index (χ1n) is 7.08. The van der Waals surface area contributed by atoms with Crippen LogP contribution in [0.4, 0.5) is 0 Å². The van der Waals surface area contributed by atoms with Crippen molar-refractivity contribution >= 4 is 41.0 Å². The second kappa shape index (κ2) is 6.63. The molecule has 0 radical (unpaired) electrons. The summed E-state index contributed by atoms with van der Waals surface area (Å²) in [4.78, 5) is 37.4. The fourth-order valence-corrected chi connectivity index (χ4v) is 2.69. The average Bonchev–Trinajstić information content (AvgIpc) is 2.81. The fourth-order valence-electron chi connectivity index (χ4n) is 2.37. The van der Waals surface area contributed by atoms with Crippen molar-refractivity contribution in [1.29, 1.82) is 0 Å². The van der Waals surface area contributed by atoms with Gasteiger partial charge < -0.3 is 4.74 Å². The number of carbonyl (C=O) groups is 3. The van der Waals surface area contributed by atoms with E-state index in [9.17, 15) is 14.4 Å². The van der Waals surface area contributed by atoms with E-state index in [1.54, 1.807) is 30.3 Å². The van der Waals surface area contributed by atoms with Crippen molar-refractivity contribution < 1.29 is 19.1 Å². The summed E-state index contributed by atoms with van der Waals surface area (Å²) in [6.45, 7) is -0.0661. The monoisotopic (exact) mass is 363 g/mol. The number of halogens is 2. The fraction of sp³-hybridized carbons (Fsp3) is 0.118. The highest BCUT2D eigenvalue weighted by Gasteiger charge is 2.35. The summed E-state index contributed by atoms with van der Waals surface area (Å²) in [6, 6.07) is 11.0. The molecule has 2 aromatic rings. The summed E-state index contributed by atoms with van der Waals surface area (Å²) in [5, 5.41) is 0.621. The van der Waals surface area contributed by atoms with Crippen LogP contribution in [-0.4, -0.2) is 29.2 Å². The predicted molar refractivity (Wildman–Crippen MR) is 88.5 cm³/mol. The van der Waals surface area contributed by atoms with Crippen molar-refractivity contribution in [2.24, 2.45) is 0 Å². The third-order valence-corrected chi connectivity index (χ3v) is 4.08. The summed E-state index contributed by atoms with van der Waals surface area (Å²) >= 11 is 11.7. The first-order chi connectivity index (χ1) is 11.5. The van der Waals surface area contributed by atoms with E-state index in [0.717, 1.165) is 4.90 Å². The third kappa shape index (κ3) is 3.13. The van der Waals surface area contributed by atoms with Crippen molar-refractivity contribution in [1.82, 2.24) is 4.90 Å². The van der Waals surface area contributed by atoms with Gasteiger partial charge in [-0.2, -0.15) is 0 Å². The zero-order valence-corrected chi connectivity index (χ0v) is 13.8. The standard InChI is InChI=1S/C17H11Cl2NO4/c18-10-5-6-13(19)14(9-10)24-15(21)7-8-20-16(22)11-3-1-2-4-12(11)17(20)23/h1-6,9H,7-8H2. The van der Waals surface area contributed by atoms with E-state index in [-0.39, 0.29) is 23.7 Å². The van der Waals surface area contributed by atoms with Gasteiger partial charge in [0.2, 0.25) is 0 Å². The maximum absolute atomic E-state index is 12.2. The van der Waals surface area contributed by atoms with Crippen LogP contribution >= 0.6 is 23.2 Å². The topological polar surface area (TPSA) is 63.7 Å². The van der Waals surface area contributed by atoms with Gasteiger partial charge in [0.1, 0.15) is 0 Å². The molecule has 1 heterocycles. The number of hydrogen-bond acceptors (Lipinski definition) is 4. The van der Waals surface area contributed by atoms with Crippen molar-refractivity contribution in [3.8, 4) is 5.75 Å². The molecule has 3 rings (SSSR count). The van der Waals surface area contributed by atoms with E-state index in [2.05, 4.69) is 0 Å². The van der Waals surface area contributed by atoms with Gasteiger partial charge >= 0.3 is 5.97 Å². The van der Waals surface area contributed by atoms with Gasteiger partial charge in [0, 0.05) is 17.6 Å². The Hall–Kier alpha value is -2.37. The summed E-state index contributed by atoms with van der Waals surface area (Å²) in [5.41, 5.74) is 0.683. The Morgan fingerprint density at radius 3 is 2.25 bits per heavy atom. The van der Waals surface area contributed by atoms with Crippen LogP contribution in [-0.2, 0) is 4.79 Å². The van der Waals surface area contributed by atoms with Crippen LogP contribution in [0.3, 0.4) is 0 Å². The highest BCUT2D eigenvalue weighted by molar-refractivity contribution is 6.34. The number of fused-ring (bicyclic) bond motifs is 1. The minimum atomic E-state index is -0.615. The zero-order chi connectivity index (χ0) is 17.3. The Morgan fingerprint density at radius 1 is 1.00 bits per heavy atom. The molecular formula is C17H11Cl2NO4. The number of esters is 1. The molecule has 0 unspecified atom stereocenters. The smallest absolute Gasteiger partial charge is 0.313 e. The molecule has 0 atom stereocenters. The van der Waals surface area contributed by atoms with E-state index < -0.39 is 17.8 Å². The van der Waals surface area contributed by atoms with Crippen LogP contribution in [0.5, 0.6) is 5.75 Å². The number of benzene rings is 2. The number of imide groups is 1. The molecule has 5 nitrogen and oxygen atoms in total. The molecule has 0 saturated carbocycles. The lowest BCUT2D eigenvalue weighted by molar-refractivity contribution is -0.134. The first kappa shape index (κ1) is 16.5. The Balaban J connectivity index is 1.64. The number of rotatable bonds is 4. The summed E-state index contributed by atoms with van der Waals surface area (Å²) in [5.74, 6) is -1.30. The molecule has 0 spiro atoms. The number of amides is 2. The largest absolute Gasteiger partial charge is 0.425 e. The van der Waals surface area contributed by atoms with E-state index >= 15 is 0 Å². The zero-order valence-electron chi connectivity index (χ0n) is 12.3. The van der Waals surface area contributed by atoms with Gasteiger partial charge in [-0.3, -0.25) is 19.3 Å². The Kier molecular flexibility index (Phi) is 4.55. The lowest BCUT2D eigenvalue weighted by atomic mass is 10.1. The number of carbonyl (C=O) groups excluding carboxylic acids is 3. The molecule has 2 amide bonds. The van der Waals surface area contributed by atoms with Crippen molar-refractivity contribution in [2.45, 2.75) is 6.42 Å². The maximum atomic E-state index is 12.2. The van der Waals surface area contributed by atoms with E-state index in [1.165, 1.54) is 12.1 Å². The van der Waals surface area contributed by atoms with Crippen LogP contribution in [0.15, 0.2) is 42.5 Å². The van der Waals surface area contributed by atoms with Gasteiger partial charge in [-0.15, -0.1) is 0 Å². The van der Waals surface area contributed by atoms with Gasteiger partial charge in [-0.05, 0) is 24.3 Å². The minimum Gasteiger partial charge on any atom is -0.425 e. The minimum absolute atomic E-state index is 0.0661. The molecule has 0 aromatic heterocycles. The molecule has 7 heteroatoms. The van der Waals surface area contributed by atoms with Crippen LogP contribution in [0, 0.1) is 0 Å². The maximum Gasteiger partial charge on any atom is 0.313 e. The quantitative estimate of drug-likeness (QED) is 0.473. The Bertz CT molecular complexity index is 815. The molecular weight excluding hydrogens is 353 g/mol. The lowest BCUT2D eigenvalue weighted by Crippen LogP contribution is -2.32. The van der Waals surface area contributed by atoms with Crippen LogP contribution < -0.4 is 4.74 Å². The number of ether oxygens (including phenoxy) is 1. The molecule has 1 aliphatic rings. The second-order valence-corrected chi connectivity index (χ2v) is 5.95. The van der Waals surface area contributed by atoms with E-state index in [0.29, 0.717) is 16.1 Å². The molecule has 0 fully saturated rings. The van der Waals surface area contributed by atoms with Crippen molar-refractivity contribution in [3.05, 3.63) is 63.6 Å². The number of nitrogens with zero attached hydrogens (tertiary/aromatic N) is 1. The molecule has 122 valence electrons. The van der Waals surface area contributed by atoms with Gasteiger partial charge in [-0.25, -0.2) is 0 Å². The summed E-state index contributed by atoms with van der Waals surface area (Å²) in [7, 11) is 0. The Morgan fingerprint density at radius 2 is 1.62 bits per heavy atom. The number of hydrogen-bond donors (Lipinski definition) is 0. The lowest BCUT2D eigenvalue weighted by Gasteiger charge is -2.13. The molecule has 1 aliphatic heterocycles.